The van der Waals surface area contributed by atoms with Crippen molar-refractivity contribution in [2.75, 3.05) is 6.54 Å². The van der Waals surface area contributed by atoms with Gasteiger partial charge in [0.05, 0.1) is 0 Å². The van der Waals surface area contributed by atoms with Crippen LogP contribution in [-0.2, 0) is 0 Å². The second-order valence-electron chi connectivity index (χ2n) is 3.03. The predicted octanol–water partition coefficient (Wildman–Crippen LogP) is 2.31. The maximum atomic E-state index is 5.35. The van der Waals surface area contributed by atoms with Crippen LogP contribution in [0.5, 0.6) is 0 Å². The van der Waals surface area contributed by atoms with Crippen LogP contribution in [0.2, 0.25) is 0 Å². The van der Waals surface area contributed by atoms with E-state index in [0.717, 1.165) is 12.5 Å². The zero-order valence-corrected chi connectivity index (χ0v) is 7.10. The van der Waals surface area contributed by atoms with Crippen molar-refractivity contribution in [3.63, 3.8) is 0 Å². The first-order valence-corrected chi connectivity index (χ1v) is 3.97. The number of hydrogen-bond donors (Lipinski definition) is 1. The van der Waals surface area contributed by atoms with Gasteiger partial charge < -0.3 is 5.73 Å². The highest BCUT2D eigenvalue weighted by molar-refractivity contribution is 4.46. The van der Waals surface area contributed by atoms with E-state index in [1.165, 1.54) is 25.7 Å². The summed E-state index contributed by atoms with van der Waals surface area (Å²) in [7, 11) is 0. The van der Waals surface area contributed by atoms with E-state index in [-0.39, 0.29) is 4.70 Å². The van der Waals surface area contributed by atoms with Gasteiger partial charge in [0.15, 0.2) is 0 Å². The summed E-state index contributed by atoms with van der Waals surface area (Å²) in [6.07, 6.45) is 5.23. The van der Waals surface area contributed by atoms with Crippen LogP contribution in [0.15, 0.2) is 0 Å². The average molecular weight is 149 g/mol. The Labute approximate surface area is 63.4 Å². The lowest BCUT2D eigenvalue weighted by molar-refractivity contribution is 0.529. The van der Waals surface area contributed by atoms with Gasteiger partial charge in [-0.15, -0.1) is 0 Å². The van der Waals surface area contributed by atoms with Crippen LogP contribution in [0.1, 0.15) is 39.5 Å². The third-order valence-corrected chi connectivity index (χ3v) is 1.49. The first kappa shape index (κ1) is 12.6. The molecule has 2 heteroatoms. The van der Waals surface area contributed by atoms with Gasteiger partial charge in [-0.05, 0) is 18.9 Å². The summed E-state index contributed by atoms with van der Waals surface area (Å²) in [5.41, 5.74) is 5.35. The van der Waals surface area contributed by atoms with Crippen molar-refractivity contribution in [3.05, 3.63) is 0 Å². The highest BCUT2D eigenvalue weighted by Crippen LogP contribution is 2.06. The smallest absolute Gasteiger partial charge is 0.00773 e. The zero-order chi connectivity index (χ0) is 7.11. The molecule has 0 spiro atoms. The number of halogens is 1. The fraction of sp³-hybridized carbons (Fsp3) is 1.00. The molecule has 0 rings (SSSR count). The minimum absolute atomic E-state index is 0. The van der Waals surface area contributed by atoms with E-state index in [4.69, 9.17) is 5.73 Å². The van der Waals surface area contributed by atoms with E-state index in [1.807, 2.05) is 0 Å². The third kappa shape index (κ3) is 10.8. The number of rotatable bonds is 5. The average Bonchev–Trinajstić information content (AvgIpc) is 1.80. The molecule has 0 saturated heterocycles. The largest absolute Gasteiger partial charge is 0.330 e. The van der Waals surface area contributed by atoms with E-state index in [9.17, 15) is 0 Å². The SMILES string of the molecule is CC(C)CCCCCN.F. The molecule has 0 aromatic heterocycles. The van der Waals surface area contributed by atoms with Crippen molar-refractivity contribution < 1.29 is 4.70 Å². The molecule has 0 atom stereocenters. The standard InChI is InChI=1S/C8H19N.FH/c1-8(2)6-4-3-5-7-9;/h8H,3-7,9H2,1-2H3;1H. The van der Waals surface area contributed by atoms with Crippen LogP contribution in [0.4, 0.5) is 4.70 Å². The number of nitrogens with two attached hydrogens (primary N) is 1. The molecule has 0 aliphatic heterocycles. The predicted molar refractivity (Wildman–Crippen MR) is 44.9 cm³/mol. The van der Waals surface area contributed by atoms with Crippen molar-refractivity contribution in [1.82, 2.24) is 0 Å². The second-order valence-corrected chi connectivity index (χ2v) is 3.03. The Balaban J connectivity index is 0. The normalized spacial score (nSPS) is 9.60. The minimum Gasteiger partial charge on any atom is -0.330 e. The van der Waals surface area contributed by atoms with Crippen LogP contribution in [0.25, 0.3) is 0 Å². The molecule has 0 aliphatic carbocycles. The highest BCUT2D eigenvalue weighted by Gasteiger charge is 1.91. The zero-order valence-electron chi connectivity index (χ0n) is 7.10. The fourth-order valence-electron chi connectivity index (χ4n) is 0.874. The van der Waals surface area contributed by atoms with Crippen molar-refractivity contribution in [1.29, 1.82) is 0 Å². The third-order valence-electron chi connectivity index (χ3n) is 1.49. The van der Waals surface area contributed by atoms with Crippen molar-refractivity contribution in [2.45, 2.75) is 39.5 Å². The molecule has 1 nitrogen and oxygen atoms in total. The molecule has 0 saturated carbocycles. The summed E-state index contributed by atoms with van der Waals surface area (Å²) >= 11 is 0. The monoisotopic (exact) mass is 149 g/mol. The summed E-state index contributed by atoms with van der Waals surface area (Å²) in [4.78, 5) is 0. The summed E-state index contributed by atoms with van der Waals surface area (Å²) in [5.74, 6) is 0.864. The van der Waals surface area contributed by atoms with Gasteiger partial charge >= 0.3 is 0 Å². The van der Waals surface area contributed by atoms with E-state index in [2.05, 4.69) is 13.8 Å². The first-order valence-electron chi connectivity index (χ1n) is 3.97. The lowest BCUT2D eigenvalue weighted by atomic mass is 10.1. The van der Waals surface area contributed by atoms with Crippen LogP contribution in [0, 0.1) is 5.92 Å². The molecule has 0 aromatic carbocycles. The molecule has 0 fully saturated rings. The summed E-state index contributed by atoms with van der Waals surface area (Å²) in [6.45, 7) is 5.39. The lowest BCUT2D eigenvalue weighted by Gasteiger charge is -2.01. The van der Waals surface area contributed by atoms with E-state index < -0.39 is 0 Å². The summed E-state index contributed by atoms with van der Waals surface area (Å²) in [6, 6.07) is 0. The van der Waals surface area contributed by atoms with Gasteiger partial charge in [-0.2, -0.15) is 0 Å². The van der Waals surface area contributed by atoms with Crippen LogP contribution < -0.4 is 5.73 Å². The first-order chi connectivity index (χ1) is 4.27. The number of unbranched alkanes of at least 4 members (excludes halogenated alkanes) is 2. The summed E-state index contributed by atoms with van der Waals surface area (Å²) < 4.78 is 0. The van der Waals surface area contributed by atoms with Crippen LogP contribution in [-0.4, -0.2) is 6.54 Å². The topological polar surface area (TPSA) is 26.0 Å². The Kier molecular flexibility index (Phi) is 11.2. The van der Waals surface area contributed by atoms with Gasteiger partial charge in [-0.1, -0.05) is 33.1 Å². The van der Waals surface area contributed by atoms with Gasteiger partial charge in [-0.3, -0.25) is 4.70 Å². The molecule has 0 aliphatic rings. The maximum Gasteiger partial charge on any atom is -0.00773 e. The molecule has 0 aromatic rings. The van der Waals surface area contributed by atoms with Gasteiger partial charge in [0, 0.05) is 0 Å². The van der Waals surface area contributed by atoms with Crippen LogP contribution in [0.3, 0.4) is 0 Å². The maximum absolute atomic E-state index is 5.35. The van der Waals surface area contributed by atoms with Crippen molar-refractivity contribution in [3.8, 4) is 0 Å². The molecule has 0 radical (unpaired) electrons. The Morgan fingerprint density at radius 2 is 1.70 bits per heavy atom. The molecule has 64 valence electrons. The van der Waals surface area contributed by atoms with E-state index in [1.54, 1.807) is 0 Å². The molecule has 0 heterocycles. The van der Waals surface area contributed by atoms with Gasteiger partial charge in [-0.25, -0.2) is 0 Å². The van der Waals surface area contributed by atoms with Crippen LogP contribution >= 0.6 is 0 Å². The molecule has 10 heavy (non-hydrogen) atoms. The second kappa shape index (κ2) is 8.89. The van der Waals surface area contributed by atoms with Gasteiger partial charge in [0.25, 0.3) is 0 Å². The fourth-order valence-corrected chi connectivity index (χ4v) is 0.874. The molecular formula is C8H20FN. The number of hydrogen-bond acceptors (Lipinski definition) is 1. The Morgan fingerprint density at radius 1 is 1.10 bits per heavy atom. The molecular weight excluding hydrogens is 129 g/mol. The van der Waals surface area contributed by atoms with Gasteiger partial charge in [0.2, 0.25) is 0 Å². The van der Waals surface area contributed by atoms with Crippen molar-refractivity contribution in [2.24, 2.45) is 11.7 Å². The molecule has 0 amide bonds. The summed E-state index contributed by atoms with van der Waals surface area (Å²) in [5, 5.41) is 0. The Hall–Kier alpha value is -0.110. The van der Waals surface area contributed by atoms with Gasteiger partial charge in [0.1, 0.15) is 0 Å². The van der Waals surface area contributed by atoms with E-state index in [0.29, 0.717) is 0 Å². The molecule has 0 bridgehead atoms. The quantitative estimate of drug-likeness (QED) is 0.596. The lowest BCUT2D eigenvalue weighted by Crippen LogP contribution is -1.98. The Morgan fingerprint density at radius 3 is 2.10 bits per heavy atom. The molecule has 2 N–H and O–H groups in total. The molecule has 0 unspecified atom stereocenters. The van der Waals surface area contributed by atoms with E-state index >= 15 is 0 Å². The Bertz CT molecular complexity index is 55.2. The minimum atomic E-state index is 0. The van der Waals surface area contributed by atoms with Crippen molar-refractivity contribution >= 4 is 0 Å². The highest BCUT2D eigenvalue weighted by atomic mass is 19.0.